The molecule has 0 saturated heterocycles. The van der Waals surface area contributed by atoms with Crippen LogP contribution in [0.3, 0.4) is 0 Å². The minimum atomic E-state index is -0.991. The molecule has 0 aliphatic carbocycles. The maximum atomic E-state index is 10.9. The number of hydrogen-bond acceptors (Lipinski definition) is 4. The predicted molar refractivity (Wildman–Crippen MR) is 55.6 cm³/mol. The smallest absolute Gasteiger partial charge is 0.305 e. The number of hydrogen-bond donors (Lipinski definition) is 2. The Morgan fingerprint density at radius 2 is 2.25 bits per heavy atom. The summed E-state index contributed by atoms with van der Waals surface area (Å²) in [5, 5.41) is 11.3. The first kappa shape index (κ1) is 12.1. The number of nitrogens with zero attached hydrogens (tertiary/aromatic N) is 2. The van der Waals surface area contributed by atoms with Crippen molar-refractivity contribution in [1.29, 1.82) is 0 Å². The van der Waals surface area contributed by atoms with E-state index < -0.39 is 12.0 Å². The molecule has 1 amide bonds. The Hall–Kier alpha value is -1.98. The van der Waals surface area contributed by atoms with Gasteiger partial charge in [0, 0.05) is 13.1 Å². The number of carbonyl (C=O) groups excluding carboxylic acids is 1. The van der Waals surface area contributed by atoms with Crippen LogP contribution in [0.2, 0.25) is 0 Å². The third-order valence-electron chi connectivity index (χ3n) is 1.91. The summed E-state index contributed by atoms with van der Waals surface area (Å²) in [4.78, 5) is 29.6. The number of nitrogens with one attached hydrogen (secondary N) is 1. The van der Waals surface area contributed by atoms with E-state index in [4.69, 9.17) is 5.11 Å². The molecule has 16 heavy (non-hydrogen) atoms. The van der Waals surface area contributed by atoms with E-state index in [9.17, 15) is 9.59 Å². The maximum Gasteiger partial charge on any atom is 0.305 e. The number of carboxylic acid groups (broad SMARTS) is 1. The number of aromatic nitrogens is 2. The van der Waals surface area contributed by atoms with Gasteiger partial charge >= 0.3 is 5.97 Å². The van der Waals surface area contributed by atoms with Gasteiger partial charge in [0.2, 0.25) is 5.91 Å². The zero-order chi connectivity index (χ0) is 12.1. The van der Waals surface area contributed by atoms with Crippen LogP contribution < -0.4 is 5.32 Å². The summed E-state index contributed by atoms with van der Waals surface area (Å²) in [5.41, 5.74) is 0.505. The van der Waals surface area contributed by atoms with E-state index in [1.165, 1.54) is 13.1 Å². The van der Waals surface area contributed by atoms with E-state index in [2.05, 4.69) is 15.3 Å². The Kier molecular flexibility index (Phi) is 3.93. The number of rotatable bonds is 4. The van der Waals surface area contributed by atoms with Gasteiger partial charge in [0.15, 0.2) is 0 Å². The van der Waals surface area contributed by atoms with Gasteiger partial charge in [0.05, 0.1) is 18.2 Å². The quantitative estimate of drug-likeness (QED) is 0.772. The maximum absolute atomic E-state index is 10.9. The highest BCUT2D eigenvalue weighted by Gasteiger charge is 2.17. The molecule has 6 nitrogen and oxygen atoms in total. The van der Waals surface area contributed by atoms with Crippen LogP contribution in [-0.4, -0.2) is 27.0 Å². The Labute approximate surface area is 92.7 Å². The largest absolute Gasteiger partial charge is 0.481 e. The van der Waals surface area contributed by atoms with Crippen molar-refractivity contribution in [2.45, 2.75) is 26.3 Å². The van der Waals surface area contributed by atoms with Crippen LogP contribution in [0.1, 0.15) is 30.9 Å². The highest BCUT2D eigenvalue weighted by atomic mass is 16.4. The van der Waals surface area contributed by atoms with Crippen molar-refractivity contribution in [1.82, 2.24) is 15.3 Å². The molecule has 0 spiro atoms. The fourth-order valence-electron chi connectivity index (χ4n) is 1.32. The molecular formula is C10H13N3O3. The topological polar surface area (TPSA) is 92.2 Å². The van der Waals surface area contributed by atoms with Crippen LogP contribution in [0, 0.1) is 6.92 Å². The van der Waals surface area contributed by atoms with Crippen LogP contribution in [0.15, 0.2) is 12.3 Å². The van der Waals surface area contributed by atoms with Crippen molar-refractivity contribution in [3.8, 4) is 0 Å². The lowest BCUT2D eigenvalue weighted by Crippen LogP contribution is -2.28. The number of aliphatic carboxylic acids is 1. The van der Waals surface area contributed by atoms with Gasteiger partial charge in [-0.15, -0.1) is 0 Å². The SMILES string of the molecule is CC(=O)N[C@H](CC(=O)O)c1ccnc(C)n1. The summed E-state index contributed by atoms with van der Waals surface area (Å²) in [6.07, 6.45) is 1.34. The van der Waals surface area contributed by atoms with Crippen LogP contribution in [0.25, 0.3) is 0 Å². The molecule has 6 heteroatoms. The average molecular weight is 223 g/mol. The van der Waals surface area contributed by atoms with Crippen molar-refractivity contribution in [3.63, 3.8) is 0 Å². The molecule has 0 unspecified atom stereocenters. The molecule has 1 aromatic rings. The summed E-state index contributed by atoms with van der Waals surface area (Å²) >= 11 is 0. The van der Waals surface area contributed by atoms with Gasteiger partial charge in [-0.3, -0.25) is 9.59 Å². The minimum absolute atomic E-state index is 0.198. The summed E-state index contributed by atoms with van der Waals surface area (Å²) in [7, 11) is 0. The Morgan fingerprint density at radius 1 is 1.56 bits per heavy atom. The van der Waals surface area contributed by atoms with E-state index in [0.29, 0.717) is 11.5 Å². The first-order chi connectivity index (χ1) is 7.49. The van der Waals surface area contributed by atoms with Gasteiger partial charge in [-0.2, -0.15) is 0 Å². The Balaban J connectivity index is 2.90. The van der Waals surface area contributed by atoms with Gasteiger partial charge in [0.1, 0.15) is 5.82 Å². The van der Waals surface area contributed by atoms with Crippen LogP contribution in [-0.2, 0) is 9.59 Å². The first-order valence-corrected chi connectivity index (χ1v) is 4.77. The lowest BCUT2D eigenvalue weighted by atomic mass is 10.1. The highest BCUT2D eigenvalue weighted by molar-refractivity contribution is 5.75. The van der Waals surface area contributed by atoms with Crippen LogP contribution in [0.4, 0.5) is 0 Å². The molecule has 0 aliphatic rings. The zero-order valence-electron chi connectivity index (χ0n) is 9.10. The number of carboxylic acids is 1. The highest BCUT2D eigenvalue weighted by Crippen LogP contribution is 2.13. The van der Waals surface area contributed by atoms with E-state index in [1.807, 2.05) is 0 Å². The Morgan fingerprint density at radius 3 is 2.75 bits per heavy atom. The second kappa shape index (κ2) is 5.20. The molecule has 0 aliphatic heterocycles. The summed E-state index contributed by atoms with van der Waals surface area (Å²) in [6, 6.07) is 0.980. The molecule has 86 valence electrons. The van der Waals surface area contributed by atoms with Crippen LogP contribution in [0.5, 0.6) is 0 Å². The monoisotopic (exact) mass is 223 g/mol. The third-order valence-corrected chi connectivity index (χ3v) is 1.91. The number of amides is 1. The van der Waals surface area contributed by atoms with Crippen molar-refractivity contribution in [3.05, 3.63) is 23.8 Å². The lowest BCUT2D eigenvalue weighted by molar-refractivity contribution is -0.137. The predicted octanol–water partition coefficient (Wildman–Crippen LogP) is 0.437. The molecule has 0 aromatic carbocycles. The fraction of sp³-hybridized carbons (Fsp3) is 0.400. The average Bonchev–Trinajstić information content (AvgIpc) is 2.15. The molecule has 1 rings (SSSR count). The molecule has 1 atom stereocenters. The second-order valence-corrected chi connectivity index (χ2v) is 3.38. The molecule has 1 aromatic heterocycles. The van der Waals surface area contributed by atoms with Crippen LogP contribution >= 0.6 is 0 Å². The van der Waals surface area contributed by atoms with E-state index in [-0.39, 0.29) is 12.3 Å². The molecule has 1 heterocycles. The molecule has 0 bridgehead atoms. The van der Waals surface area contributed by atoms with Gasteiger partial charge < -0.3 is 10.4 Å². The second-order valence-electron chi connectivity index (χ2n) is 3.38. The number of aryl methyl sites for hydroxylation is 1. The molecule has 0 radical (unpaired) electrons. The summed E-state index contributed by atoms with van der Waals surface area (Å²) < 4.78 is 0. The Bertz CT molecular complexity index is 390. The van der Waals surface area contributed by atoms with Gasteiger partial charge in [-0.05, 0) is 13.0 Å². The third kappa shape index (κ3) is 3.64. The summed E-state index contributed by atoms with van der Waals surface area (Å²) in [5.74, 6) is -0.740. The van der Waals surface area contributed by atoms with E-state index in [0.717, 1.165) is 0 Å². The first-order valence-electron chi connectivity index (χ1n) is 4.77. The number of carbonyl (C=O) groups is 2. The van der Waals surface area contributed by atoms with Crippen molar-refractivity contribution in [2.75, 3.05) is 0 Å². The molecular weight excluding hydrogens is 210 g/mol. The van der Waals surface area contributed by atoms with Crippen molar-refractivity contribution < 1.29 is 14.7 Å². The molecule has 0 fully saturated rings. The normalized spacial score (nSPS) is 11.9. The molecule has 2 N–H and O–H groups in total. The lowest BCUT2D eigenvalue weighted by Gasteiger charge is -2.15. The standard InChI is InChI=1S/C10H13N3O3/c1-6-11-4-3-8(12-6)9(5-10(15)16)13-7(2)14/h3-4,9H,5H2,1-2H3,(H,13,14)(H,15,16)/t9-/m1/s1. The fourth-order valence-corrected chi connectivity index (χ4v) is 1.32. The zero-order valence-corrected chi connectivity index (χ0v) is 9.10. The van der Waals surface area contributed by atoms with Crippen molar-refractivity contribution in [2.24, 2.45) is 0 Å². The van der Waals surface area contributed by atoms with Gasteiger partial charge in [0.25, 0.3) is 0 Å². The van der Waals surface area contributed by atoms with Gasteiger partial charge in [-0.25, -0.2) is 9.97 Å². The van der Waals surface area contributed by atoms with Gasteiger partial charge in [-0.1, -0.05) is 0 Å². The van der Waals surface area contributed by atoms with Crippen molar-refractivity contribution >= 4 is 11.9 Å². The minimum Gasteiger partial charge on any atom is -0.481 e. The van der Waals surface area contributed by atoms with E-state index in [1.54, 1.807) is 13.0 Å². The summed E-state index contributed by atoms with van der Waals surface area (Å²) in [6.45, 7) is 3.04. The van der Waals surface area contributed by atoms with E-state index >= 15 is 0 Å². The molecule has 0 saturated carbocycles.